The monoisotopic (exact) mass is 310 g/mol. The number of hydrogen-bond acceptors (Lipinski definition) is 2. The molecule has 2 N–H and O–H groups in total. The Hall–Kier alpha value is -0.540. The van der Waals surface area contributed by atoms with E-state index in [4.69, 9.17) is 0 Å². The second-order valence-electron chi connectivity index (χ2n) is 5.23. The molecule has 1 saturated heterocycles. The van der Waals surface area contributed by atoms with Gasteiger partial charge in [0.05, 0.1) is 0 Å². The van der Waals surface area contributed by atoms with E-state index < -0.39 is 0 Å². The third kappa shape index (κ3) is 3.72. The normalized spacial score (nSPS) is 20.9. The predicted octanol–water partition coefficient (Wildman–Crippen LogP) is 3.95. The molecule has 2 rings (SSSR count). The number of nitrogens with one attached hydrogen (secondary N) is 2. The predicted molar refractivity (Wildman–Crippen MR) is 82.2 cm³/mol. The van der Waals surface area contributed by atoms with Gasteiger partial charge < -0.3 is 10.6 Å². The van der Waals surface area contributed by atoms with Crippen LogP contribution in [-0.2, 0) is 6.42 Å². The third-order valence-corrected chi connectivity index (χ3v) is 4.14. The van der Waals surface area contributed by atoms with E-state index in [2.05, 4.69) is 58.6 Å². The number of aryl methyl sites for hydroxylation is 1. The lowest BCUT2D eigenvalue weighted by Gasteiger charge is -2.21. The van der Waals surface area contributed by atoms with Crippen LogP contribution in [0.25, 0.3) is 0 Å². The van der Waals surface area contributed by atoms with Gasteiger partial charge in [0.1, 0.15) is 0 Å². The van der Waals surface area contributed by atoms with Crippen LogP contribution >= 0.6 is 15.9 Å². The van der Waals surface area contributed by atoms with Crippen LogP contribution in [0.4, 0.5) is 5.69 Å². The molecule has 1 aliphatic rings. The Morgan fingerprint density at radius 3 is 3.00 bits per heavy atom. The van der Waals surface area contributed by atoms with Gasteiger partial charge in [-0.15, -0.1) is 0 Å². The van der Waals surface area contributed by atoms with Crippen molar-refractivity contribution in [1.82, 2.24) is 5.32 Å². The van der Waals surface area contributed by atoms with Crippen LogP contribution in [0.15, 0.2) is 22.7 Å². The summed E-state index contributed by atoms with van der Waals surface area (Å²) in [5.74, 6) is 0. The number of benzene rings is 1. The molecule has 100 valence electrons. The molecule has 1 fully saturated rings. The number of rotatable bonds is 5. The zero-order valence-corrected chi connectivity index (χ0v) is 12.9. The summed E-state index contributed by atoms with van der Waals surface area (Å²) in [7, 11) is 0. The standard InChI is InChI=1S/C15H23BrN2/c1-3-12-10-13(16)6-7-15(12)18-11(2)9-14-5-4-8-17-14/h6-7,10-11,14,17-18H,3-5,8-9H2,1-2H3. The molecule has 0 bridgehead atoms. The van der Waals surface area contributed by atoms with Crippen LogP contribution in [-0.4, -0.2) is 18.6 Å². The van der Waals surface area contributed by atoms with Crippen molar-refractivity contribution < 1.29 is 0 Å². The van der Waals surface area contributed by atoms with Crippen LogP contribution in [0.2, 0.25) is 0 Å². The molecule has 1 aliphatic heterocycles. The summed E-state index contributed by atoms with van der Waals surface area (Å²) in [4.78, 5) is 0. The van der Waals surface area contributed by atoms with Crippen molar-refractivity contribution in [1.29, 1.82) is 0 Å². The topological polar surface area (TPSA) is 24.1 Å². The Kier molecular flexibility index (Phi) is 5.07. The quantitative estimate of drug-likeness (QED) is 0.860. The maximum absolute atomic E-state index is 3.65. The van der Waals surface area contributed by atoms with E-state index in [1.807, 2.05) is 0 Å². The lowest BCUT2D eigenvalue weighted by atomic mass is 10.1. The average Bonchev–Trinajstić information content (AvgIpc) is 2.84. The summed E-state index contributed by atoms with van der Waals surface area (Å²) >= 11 is 3.54. The molecular formula is C15H23BrN2. The first kappa shape index (κ1) is 13.9. The van der Waals surface area contributed by atoms with Gasteiger partial charge >= 0.3 is 0 Å². The van der Waals surface area contributed by atoms with Crippen LogP contribution < -0.4 is 10.6 Å². The summed E-state index contributed by atoms with van der Waals surface area (Å²) in [6, 6.07) is 7.73. The molecule has 0 aliphatic carbocycles. The van der Waals surface area contributed by atoms with E-state index in [-0.39, 0.29) is 0 Å². The van der Waals surface area contributed by atoms with E-state index in [1.54, 1.807) is 0 Å². The Bertz CT molecular complexity index is 386. The highest BCUT2D eigenvalue weighted by Gasteiger charge is 2.17. The van der Waals surface area contributed by atoms with Gasteiger partial charge in [-0.2, -0.15) is 0 Å². The third-order valence-electron chi connectivity index (χ3n) is 3.65. The molecule has 18 heavy (non-hydrogen) atoms. The van der Waals surface area contributed by atoms with Gasteiger partial charge in [0.15, 0.2) is 0 Å². The number of halogens is 1. The van der Waals surface area contributed by atoms with Gasteiger partial charge in [0.25, 0.3) is 0 Å². The molecule has 2 unspecified atom stereocenters. The number of hydrogen-bond donors (Lipinski definition) is 2. The molecule has 2 atom stereocenters. The van der Waals surface area contributed by atoms with Gasteiger partial charge in [0.2, 0.25) is 0 Å². The molecule has 0 spiro atoms. The van der Waals surface area contributed by atoms with E-state index in [0.717, 1.165) is 10.9 Å². The molecule has 1 aromatic carbocycles. The van der Waals surface area contributed by atoms with Crippen molar-refractivity contribution in [3.05, 3.63) is 28.2 Å². The zero-order valence-electron chi connectivity index (χ0n) is 11.3. The van der Waals surface area contributed by atoms with Gasteiger partial charge in [0, 0.05) is 22.2 Å². The summed E-state index contributed by atoms with van der Waals surface area (Å²) in [6.45, 7) is 5.67. The van der Waals surface area contributed by atoms with Crippen molar-refractivity contribution in [2.45, 2.75) is 51.6 Å². The van der Waals surface area contributed by atoms with Gasteiger partial charge in [-0.25, -0.2) is 0 Å². The molecule has 0 aromatic heterocycles. The summed E-state index contributed by atoms with van der Waals surface area (Å²) in [6.07, 6.45) is 4.93. The van der Waals surface area contributed by atoms with E-state index in [9.17, 15) is 0 Å². The fraction of sp³-hybridized carbons (Fsp3) is 0.600. The first-order valence-electron chi connectivity index (χ1n) is 6.97. The van der Waals surface area contributed by atoms with Crippen molar-refractivity contribution in [2.75, 3.05) is 11.9 Å². The molecule has 0 radical (unpaired) electrons. The van der Waals surface area contributed by atoms with Gasteiger partial charge in [-0.05, 0) is 62.9 Å². The SMILES string of the molecule is CCc1cc(Br)ccc1NC(C)CC1CCCN1. The highest BCUT2D eigenvalue weighted by atomic mass is 79.9. The Morgan fingerprint density at radius 2 is 2.33 bits per heavy atom. The molecule has 0 amide bonds. The molecule has 2 nitrogen and oxygen atoms in total. The maximum atomic E-state index is 3.65. The van der Waals surface area contributed by atoms with Crippen molar-refractivity contribution in [3.63, 3.8) is 0 Å². The Labute approximate surface area is 119 Å². The smallest absolute Gasteiger partial charge is 0.0375 e. The number of anilines is 1. The van der Waals surface area contributed by atoms with Crippen LogP contribution in [0, 0.1) is 0 Å². The largest absolute Gasteiger partial charge is 0.382 e. The summed E-state index contributed by atoms with van der Waals surface area (Å²) in [5, 5.41) is 7.22. The highest BCUT2D eigenvalue weighted by Crippen LogP contribution is 2.23. The fourth-order valence-electron chi connectivity index (χ4n) is 2.70. The summed E-state index contributed by atoms with van der Waals surface area (Å²) < 4.78 is 1.16. The molecule has 0 saturated carbocycles. The van der Waals surface area contributed by atoms with Gasteiger partial charge in [-0.1, -0.05) is 22.9 Å². The summed E-state index contributed by atoms with van der Waals surface area (Å²) in [5.41, 5.74) is 2.67. The Morgan fingerprint density at radius 1 is 1.50 bits per heavy atom. The zero-order chi connectivity index (χ0) is 13.0. The van der Waals surface area contributed by atoms with Crippen molar-refractivity contribution >= 4 is 21.6 Å². The minimum atomic E-state index is 0.520. The first-order valence-corrected chi connectivity index (χ1v) is 7.76. The van der Waals surface area contributed by atoms with Crippen molar-refractivity contribution in [2.24, 2.45) is 0 Å². The van der Waals surface area contributed by atoms with E-state index in [1.165, 1.54) is 37.1 Å². The highest BCUT2D eigenvalue weighted by molar-refractivity contribution is 9.10. The minimum absolute atomic E-state index is 0.520. The van der Waals surface area contributed by atoms with Gasteiger partial charge in [-0.3, -0.25) is 0 Å². The molecule has 1 heterocycles. The average molecular weight is 311 g/mol. The molecular weight excluding hydrogens is 288 g/mol. The lowest BCUT2D eigenvalue weighted by Crippen LogP contribution is -2.29. The van der Waals surface area contributed by atoms with Crippen molar-refractivity contribution in [3.8, 4) is 0 Å². The van der Waals surface area contributed by atoms with Crippen LogP contribution in [0.3, 0.4) is 0 Å². The second kappa shape index (κ2) is 6.58. The fourth-order valence-corrected chi connectivity index (χ4v) is 3.11. The Balaban J connectivity index is 1.95. The minimum Gasteiger partial charge on any atom is -0.382 e. The molecule has 3 heteroatoms. The van der Waals surface area contributed by atoms with Crippen LogP contribution in [0.5, 0.6) is 0 Å². The first-order chi connectivity index (χ1) is 8.69. The lowest BCUT2D eigenvalue weighted by molar-refractivity contribution is 0.523. The van der Waals surface area contributed by atoms with E-state index in [0.29, 0.717) is 12.1 Å². The maximum Gasteiger partial charge on any atom is 0.0375 e. The van der Waals surface area contributed by atoms with E-state index >= 15 is 0 Å². The second-order valence-corrected chi connectivity index (χ2v) is 6.15. The van der Waals surface area contributed by atoms with Crippen LogP contribution in [0.1, 0.15) is 38.7 Å². The molecule has 1 aromatic rings.